The van der Waals surface area contributed by atoms with Crippen molar-refractivity contribution in [3.8, 4) is 0 Å². The lowest BCUT2D eigenvalue weighted by atomic mass is 10.2. The van der Waals surface area contributed by atoms with Crippen molar-refractivity contribution in [2.24, 2.45) is 0 Å². The van der Waals surface area contributed by atoms with Crippen LogP contribution in [0.4, 0.5) is 5.69 Å². The summed E-state index contributed by atoms with van der Waals surface area (Å²) in [6.07, 6.45) is 0. The Morgan fingerprint density at radius 3 is 2.42 bits per heavy atom. The van der Waals surface area contributed by atoms with Crippen LogP contribution in [0.5, 0.6) is 0 Å². The highest BCUT2D eigenvalue weighted by Gasteiger charge is 2.20. The van der Waals surface area contributed by atoms with Gasteiger partial charge in [0.05, 0.1) is 22.6 Å². The number of anilines is 1. The summed E-state index contributed by atoms with van der Waals surface area (Å²) in [5, 5.41) is 6.40. The summed E-state index contributed by atoms with van der Waals surface area (Å²) in [6.45, 7) is 2.28. The third-order valence-corrected chi connectivity index (χ3v) is 4.69. The van der Waals surface area contributed by atoms with Crippen LogP contribution >= 0.6 is 23.2 Å². The fourth-order valence-electron chi connectivity index (χ4n) is 2.27. The largest absolute Gasteiger partial charge is 0.351 e. The first-order valence-electron chi connectivity index (χ1n) is 8.13. The molecule has 2 aromatic rings. The normalized spacial score (nSPS) is 11.9. The van der Waals surface area contributed by atoms with Crippen molar-refractivity contribution in [3.63, 3.8) is 0 Å². The van der Waals surface area contributed by atoms with Gasteiger partial charge in [0.25, 0.3) is 0 Å². The first-order chi connectivity index (χ1) is 12.4. The molecule has 0 unspecified atom stereocenters. The van der Waals surface area contributed by atoms with Gasteiger partial charge in [-0.05, 0) is 37.7 Å². The quantitative estimate of drug-likeness (QED) is 0.755. The van der Waals surface area contributed by atoms with Crippen molar-refractivity contribution in [1.82, 2.24) is 10.2 Å². The Hall–Kier alpha value is -2.08. The van der Waals surface area contributed by atoms with Gasteiger partial charge in [-0.3, -0.25) is 14.5 Å². The Labute approximate surface area is 163 Å². The van der Waals surface area contributed by atoms with Crippen molar-refractivity contribution in [3.05, 3.63) is 64.1 Å². The van der Waals surface area contributed by atoms with Crippen molar-refractivity contribution >= 4 is 40.7 Å². The number of likely N-dealkylation sites (N-methyl/N-ethyl adjacent to an activating group) is 1. The molecule has 0 bridgehead atoms. The van der Waals surface area contributed by atoms with Gasteiger partial charge >= 0.3 is 0 Å². The van der Waals surface area contributed by atoms with Crippen LogP contribution in [-0.4, -0.2) is 36.3 Å². The van der Waals surface area contributed by atoms with E-state index in [1.165, 1.54) is 0 Å². The van der Waals surface area contributed by atoms with E-state index in [0.29, 0.717) is 22.3 Å². The number of carbonyl (C=O) groups excluding carboxylic acids is 2. The lowest BCUT2D eigenvalue weighted by Gasteiger charge is -2.23. The molecule has 0 aliphatic carbocycles. The minimum atomic E-state index is -0.446. The van der Waals surface area contributed by atoms with E-state index < -0.39 is 6.04 Å². The summed E-state index contributed by atoms with van der Waals surface area (Å²) < 4.78 is 0. The Morgan fingerprint density at radius 2 is 1.77 bits per heavy atom. The lowest BCUT2D eigenvalue weighted by molar-refractivity contribution is -0.126. The Morgan fingerprint density at radius 1 is 1.08 bits per heavy atom. The van der Waals surface area contributed by atoms with Crippen molar-refractivity contribution in [1.29, 1.82) is 0 Å². The van der Waals surface area contributed by atoms with Gasteiger partial charge in [-0.25, -0.2) is 0 Å². The second-order valence-corrected chi connectivity index (χ2v) is 6.79. The van der Waals surface area contributed by atoms with Crippen LogP contribution in [-0.2, 0) is 16.1 Å². The average Bonchev–Trinajstić information content (AvgIpc) is 2.62. The van der Waals surface area contributed by atoms with Gasteiger partial charge in [0.1, 0.15) is 0 Å². The van der Waals surface area contributed by atoms with Gasteiger partial charge in [0, 0.05) is 12.2 Å². The van der Waals surface area contributed by atoms with Crippen LogP contribution in [0.1, 0.15) is 12.5 Å². The summed E-state index contributed by atoms with van der Waals surface area (Å²) in [5.41, 5.74) is 1.58. The van der Waals surface area contributed by atoms with E-state index in [1.807, 2.05) is 30.3 Å². The average molecular weight is 394 g/mol. The lowest BCUT2D eigenvalue weighted by Crippen LogP contribution is -2.45. The Balaban J connectivity index is 1.83. The predicted octanol–water partition coefficient (Wildman–Crippen LogP) is 3.57. The predicted molar refractivity (Wildman–Crippen MR) is 105 cm³/mol. The smallest absolute Gasteiger partial charge is 0.238 e. The zero-order valence-electron chi connectivity index (χ0n) is 14.6. The van der Waals surface area contributed by atoms with E-state index >= 15 is 0 Å². The molecule has 1 atom stereocenters. The molecule has 0 heterocycles. The molecule has 0 fully saturated rings. The SMILES string of the molecule is C[C@@H](C(=O)NCc1ccccc1)N(C)CC(=O)Nc1ccc(Cl)c(Cl)c1. The third kappa shape index (κ3) is 6.02. The topological polar surface area (TPSA) is 61.4 Å². The second-order valence-electron chi connectivity index (χ2n) is 5.97. The van der Waals surface area contributed by atoms with E-state index in [4.69, 9.17) is 23.2 Å². The van der Waals surface area contributed by atoms with Gasteiger partial charge < -0.3 is 10.6 Å². The zero-order chi connectivity index (χ0) is 19.1. The highest BCUT2D eigenvalue weighted by atomic mass is 35.5. The highest BCUT2D eigenvalue weighted by Crippen LogP contribution is 2.24. The fourth-order valence-corrected chi connectivity index (χ4v) is 2.57. The molecule has 2 aromatic carbocycles. The molecule has 0 saturated carbocycles. The van der Waals surface area contributed by atoms with E-state index in [0.717, 1.165) is 5.56 Å². The molecule has 0 radical (unpaired) electrons. The number of halogens is 2. The third-order valence-electron chi connectivity index (χ3n) is 3.95. The van der Waals surface area contributed by atoms with Crippen LogP contribution in [0.3, 0.4) is 0 Å². The standard InChI is InChI=1S/C19H21Cl2N3O2/c1-13(19(26)22-11-14-6-4-3-5-7-14)24(2)12-18(25)23-15-8-9-16(20)17(21)10-15/h3-10,13H,11-12H2,1-2H3,(H,22,26)(H,23,25)/t13-/m0/s1. The van der Waals surface area contributed by atoms with E-state index in [-0.39, 0.29) is 18.4 Å². The fraction of sp³-hybridized carbons (Fsp3) is 0.263. The maximum atomic E-state index is 12.3. The van der Waals surface area contributed by atoms with Crippen LogP contribution in [0.2, 0.25) is 10.0 Å². The molecule has 2 N–H and O–H groups in total. The van der Waals surface area contributed by atoms with Crippen molar-refractivity contribution in [2.45, 2.75) is 19.5 Å². The summed E-state index contributed by atoms with van der Waals surface area (Å²) in [4.78, 5) is 26.1. The molecule has 0 spiro atoms. The van der Waals surface area contributed by atoms with Gasteiger partial charge in [-0.2, -0.15) is 0 Å². The number of nitrogens with zero attached hydrogens (tertiary/aromatic N) is 1. The second kappa shape index (κ2) is 9.57. The maximum Gasteiger partial charge on any atom is 0.238 e. The molecule has 0 saturated heterocycles. The Kier molecular flexibility index (Phi) is 7.45. The van der Waals surface area contributed by atoms with Crippen molar-refractivity contribution < 1.29 is 9.59 Å². The minimum Gasteiger partial charge on any atom is -0.351 e. The molecule has 2 amide bonds. The van der Waals surface area contributed by atoms with E-state index in [2.05, 4.69) is 10.6 Å². The number of nitrogens with one attached hydrogen (secondary N) is 2. The monoisotopic (exact) mass is 393 g/mol. The first-order valence-corrected chi connectivity index (χ1v) is 8.89. The zero-order valence-corrected chi connectivity index (χ0v) is 16.1. The molecule has 0 aliphatic heterocycles. The number of hydrogen-bond acceptors (Lipinski definition) is 3. The van der Waals surface area contributed by atoms with Crippen LogP contribution in [0.15, 0.2) is 48.5 Å². The first kappa shape index (κ1) is 20.2. The summed E-state index contributed by atoms with van der Waals surface area (Å²) >= 11 is 11.8. The van der Waals surface area contributed by atoms with Crippen LogP contribution in [0.25, 0.3) is 0 Å². The summed E-state index contributed by atoms with van der Waals surface area (Å²) in [6, 6.07) is 14.1. The molecular formula is C19H21Cl2N3O2. The summed E-state index contributed by atoms with van der Waals surface area (Å²) in [7, 11) is 1.72. The van der Waals surface area contributed by atoms with Gasteiger partial charge in [0.15, 0.2) is 0 Å². The molecule has 138 valence electrons. The number of benzene rings is 2. The van der Waals surface area contributed by atoms with Gasteiger partial charge in [-0.15, -0.1) is 0 Å². The van der Waals surface area contributed by atoms with Crippen LogP contribution in [0, 0.1) is 0 Å². The molecule has 26 heavy (non-hydrogen) atoms. The van der Waals surface area contributed by atoms with E-state index in [1.54, 1.807) is 37.1 Å². The van der Waals surface area contributed by atoms with Crippen LogP contribution < -0.4 is 10.6 Å². The molecular weight excluding hydrogens is 373 g/mol. The molecule has 0 aliphatic rings. The molecule has 5 nitrogen and oxygen atoms in total. The molecule has 0 aromatic heterocycles. The van der Waals surface area contributed by atoms with Crippen molar-refractivity contribution in [2.75, 3.05) is 18.9 Å². The minimum absolute atomic E-state index is 0.0696. The molecule has 2 rings (SSSR count). The molecule has 7 heteroatoms. The van der Waals surface area contributed by atoms with E-state index in [9.17, 15) is 9.59 Å². The number of carbonyl (C=O) groups is 2. The highest BCUT2D eigenvalue weighted by molar-refractivity contribution is 6.42. The van der Waals surface area contributed by atoms with Gasteiger partial charge in [-0.1, -0.05) is 53.5 Å². The number of rotatable bonds is 7. The Bertz CT molecular complexity index is 769. The number of amides is 2. The summed E-state index contributed by atoms with van der Waals surface area (Å²) in [5.74, 6) is -0.382. The number of hydrogen-bond donors (Lipinski definition) is 2. The maximum absolute atomic E-state index is 12.3. The van der Waals surface area contributed by atoms with Gasteiger partial charge in [0.2, 0.25) is 11.8 Å².